The van der Waals surface area contributed by atoms with Crippen molar-refractivity contribution in [3.63, 3.8) is 0 Å². The molecule has 0 radical (unpaired) electrons. The first-order valence-corrected chi connectivity index (χ1v) is 19.5. The lowest BCUT2D eigenvalue weighted by Gasteiger charge is -2.26. The molecular weight excluding hydrogens is 687 g/mol. The van der Waals surface area contributed by atoms with Gasteiger partial charge in [-0.2, -0.15) is 0 Å². The first-order valence-electron chi connectivity index (χ1n) is 18.7. The van der Waals surface area contributed by atoms with E-state index < -0.39 is 0 Å². The van der Waals surface area contributed by atoms with Gasteiger partial charge >= 0.3 is 0 Å². The van der Waals surface area contributed by atoms with Crippen molar-refractivity contribution in [1.29, 1.82) is 0 Å². The number of thiophene rings is 1. The Bertz CT molecular complexity index is 3170. The van der Waals surface area contributed by atoms with Gasteiger partial charge in [-0.1, -0.05) is 140 Å². The maximum atomic E-state index is 6.52. The predicted octanol–water partition coefficient (Wildman–Crippen LogP) is 15.6. The normalized spacial score (nSPS) is 11.6. The third kappa shape index (κ3) is 5.40. The smallest absolute Gasteiger partial charge is 0.143 e. The molecule has 3 heteroatoms. The van der Waals surface area contributed by atoms with Crippen molar-refractivity contribution in [2.24, 2.45) is 0 Å². The lowest BCUT2D eigenvalue weighted by Crippen LogP contribution is -2.09. The molecule has 0 spiro atoms. The summed E-state index contributed by atoms with van der Waals surface area (Å²) in [5, 5.41) is 7.25. The second-order valence-electron chi connectivity index (χ2n) is 14.1. The fourth-order valence-corrected chi connectivity index (χ4v) is 9.37. The second-order valence-corrected chi connectivity index (χ2v) is 15.2. The molecule has 11 rings (SSSR count). The zero-order chi connectivity index (χ0) is 36.3. The Hall–Kier alpha value is -6.94. The fraction of sp³-hybridized carbons (Fsp3) is 0. The number of furan rings is 1. The molecule has 258 valence electrons. The molecule has 2 aromatic heterocycles. The monoisotopic (exact) mass is 719 g/mol. The van der Waals surface area contributed by atoms with Crippen molar-refractivity contribution in [3.05, 3.63) is 200 Å². The summed E-state index contributed by atoms with van der Waals surface area (Å²) in [5.41, 5.74) is 12.3. The molecule has 0 saturated carbocycles. The highest BCUT2D eigenvalue weighted by Crippen LogP contribution is 2.42. The van der Waals surface area contributed by atoms with Crippen LogP contribution in [0.5, 0.6) is 0 Å². The largest absolute Gasteiger partial charge is 0.455 e. The van der Waals surface area contributed by atoms with Gasteiger partial charge in [0, 0.05) is 53.4 Å². The molecule has 0 N–H and O–H groups in total. The Kier molecular flexibility index (Phi) is 7.39. The molecule has 2 nitrogen and oxygen atoms in total. The molecule has 0 aliphatic rings. The van der Waals surface area contributed by atoms with Crippen LogP contribution in [-0.2, 0) is 0 Å². The summed E-state index contributed by atoms with van der Waals surface area (Å²) in [6.45, 7) is 0. The highest BCUT2D eigenvalue weighted by molar-refractivity contribution is 7.26. The van der Waals surface area contributed by atoms with Crippen molar-refractivity contribution in [3.8, 4) is 33.4 Å². The zero-order valence-corrected chi connectivity index (χ0v) is 30.6. The third-order valence-electron chi connectivity index (χ3n) is 10.9. The summed E-state index contributed by atoms with van der Waals surface area (Å²) in [4.78, 5) is 2.34. The summed E-state index contributed by atoms with van der Waals surface area (Å²) in [6.07, 6.45) is 0. The summed E-state index contributed by atoms with van der Waals surface area (Å²) < 4.78 is 9.17. The molecule has 11 aromatic rings. The number of hydrogen-bond acceptors (Lipinski definition) is 3. The number of hydrogen-bond donors (Lipinski definition) is 0. The van der Waals surface area contributed by atoms with Crippen molar-refractivity contribution >= 4 is 81.3 Å². The highest BCUT2D eigenvalue weighted by Gasteiger charge is 2.16. The molecule has 0 fully saturated rings. The van der Waals surface area contributed by atoms with Crippen LogP contribution in [0.4, 0.5) is 17.1 Å². The van der Waals surface area contributed by atoms with Crippen LogP contribution in [0.15, 0.2) is 205 Å². The Morgan fingerprint density at radius 1 is 0.364 bits per heavy atom. The van der Waals surface area contributed by atoms with E-state index in [9.17, 15) is 0 Å². The molecule has 2 heterocycles. The summed E-state index contributed by atoms with van der Waals surface area (Å²) in [5.74, 6) is 0. The van der Waals surface area contributed by atoms with Crippen molar-refractivity contribution in [1.82, 2.24) is 0 Å². The van der Waals surface area contributed by atoms with E-state index in [1.807, 2.05) is 11.3 Å². The van der Waals surface area contributed by atoms with E-state index in [1.165, 1.54) is 47.8 Å². The molecule has 55 heavy (non-hydrogen) atoms. The molecular formula is C52H33NOS. The third-order valence-corrected chi connectivity index (χ3v) is 12.1. The summed E-state index contributed by atoms with van der Waals surface area (Å²) >= 11 is 1.87. The predicted molar refractivity (Wildman–Crippen MR) is 235 cm³/mol. The van der Waals surface area contributed by atoms with Gasteiger partial charge in [0.1, 0.15) is 11.2 Å². The van der Waals surface area contributed by atoms with Crippen molar-refractivity contribution < 1.29 is 4.42 Å². The maximum absolute atomic E-state index is 6.52. The first kappa shape index (κ1) is 31.6. The fourth-order valence-electron chi connectivity index (χ4n) is 8.13. The summed E-state index contributed by atoms with van der Waals surface area (Å²) in [6, 6.07) is 72.1. The van der Waals surface area contributed by atoms with Gasteiger partial charge in [0.2, 0.25) is 0 Å². The van der Waals surface area contributed by atoms with Gasteiger partial charge in [-0.3, -0.25) is 0 Å². The van der Waals surface area contributed by atoms with Gasteiger partial charge in [0.05, 0.1) is 0 Å². The van der Waals surface area contributed by atoms with E-state index in [0.29, 0.717) is 0 Å². The Labute approximate surface area is 322 Å². The number of benzene rings is 9. The molecule has 0 saturated heterocycles. The van der Waals surface area contributed by atoms with Crippen LogP contribution in [0.3, 0.4) is 0 Å². The van der Waals surface area contributed by atoms with E-state index in [1.54, 1.807) is 0 Å². The number of anilines is 3. The maximum Gasteiger partial charge on any atom is 0.143 e. The van der Waals surface area contributed by atoms with E-state index in [4.69, 9.17) is 4.42 Å². The molecule has 0 aliphatic carbocycles. The van der Waals surface area contributed by atoms with Crippen LogP contribution >= 0.6 is 11.3 Å². The van der Waals surface area contributed by atoms with Crippen LogP contribution in [0.2, 0.25) is 0 Å². The lowest BCUT2D eigenvalue weighted by atomic mass is 10.0. The molecule has 9 aromatic carbocycles. The Morgan fingerprint density at radius 2 is 0.927 bits per heavy atom. The SMILES string of the molecule is c1ccc(-c2ccc(N(c3ccc(-c4ccc5c(c4)oc4c6ccccc6ccc54)cc3)c3ccc(-c4cccc5c4sc4ccccc45)cc3)cc2)cc1. The topological polar surface area (TPSA) is 16.4 Å². The average Bonchev–Trinajstić information content (AvgIpc) is 3.83. The molecule has 0 unspecified atom stereocenters. The summed E-state index contributed by atoms with van der Waals surface area (Å²) in [7, 11) is 0. The number of nitrogens with zero attached hydrogens (tertiary/aromatic N) is 1. The van der Waals surface area contributed by atoms with E-state index >= 15 is 0 Å². The molecule has 0 aliphatic heterocycles. The van der Waals surface area contributed by atoms with Gasteiger partial charge in [0.25, 0.3) is 0 Å². The van der Waals surface area contributed by atoms with Crippen LogP contribution in [0.1, 0.15) is 0 Å². The quantitative estimate of drug-likeness (QED) is 0.170. The Morgan fingerprint density at radius 3 is 1.67 bits per heavy atom. The van der Waals surface area contributed by atoms with Gasteiger partial charge in [-0.05, 0) is 99.4 Å². The van der Waals surface area contributed by atoms with Gasteiger partial charge < -0.3 is 9.32 Å². The zero-order valence-electron chi connectivity index (χ0n) is 29.8. The van der Waals surface area contributed by atoms with Gasteiger partial charge in [0.15, 0.2) is 0 Å². The van der Waals surface area contributed by atoms with E-state index in [2.05, 4.69) is 205 Å². The molecule has 0 atom stereocenters. The minimum atomic E-state index is 0.902. The highest BCUT2D eigenvalue weighted by atomic mass is 32.1. The van der Waals surface area contributed by atoms with Crippen LogP contribution in [0, 0.1) is 0 Å². The molecule has 0 amide bonds. The Balaban J connectivity index is 0.974. The van der Waals surface area contributed by atoms with E-state index in [-0.39, 0.29) is 0 Å². The van der Waals surface area contributed by atoms with Gasteiger partial charge in [-0.15, -0.1) is 11.3 Å². The minimum absolute atomic E-state index is 0.902. The standard InChI is InChI=1S/C52H33NOS/c1-2-9-34(10-3-1)35-17-25-40(26-18-35)53(42-29-21-38(22-30-42)44-14-8-15-48-46-13-6-7-16-50(46)55-52(44)48)41-27-19-36(20-28-41)39-24-31-45-47-32-23-37-11-4-5-12-43(37)51(47)54-49(45)33-39/h1-33H. The van der Waals surface area contributed by atoms with Crippen LogP contribution in [-0.4, -0.2) is 0 Å². The lowest BCUT2D eigenvalue weighted by molar-refractivity contribution is 0.673. The van der Waals surface area contributed by atoms with E-state index in [0.717, 1.165) is 55.5 Å². The second kappa shape index (κ2) is 12.9. The van der Waals surface area contributed by atoms with Gasteiger partial charge in [-0.25, -0.2) is 0 Å². The minimum Gasteiger partial charge on any atom is -0.455 e. The van der Waals surface area contributed by atoms with Crippen molar-refractivity contribution in [2.75, 3.05) is 4.90 Å². The molecule has 0 bridgehead atoms. The van der Waals surface area contributed by atoms with Crippen LogP contribution < -0.4 is 4.90 Å². The first-order chi connectivity index (χ1) is 27.2. The van der Waals surface area contributed by atoms with Crippen LogP contribution in [0.25, 0.3) is 86.3 Å². The average molecular weight is 720 g/mol. The number of rotatable bonds is 6. The number of fused-ring (bicyclic) bond motifs is 8. The van der Waals surface area contributed by atoms with Crippen molar-refractivity contribution in [2.45, 2.75) is 0 Å².